The second-order valence-electron chi connectivity index (χ2n) is 4.46. The molecule has 1 aromatic rings. The van der Waals surface area contributed by atoms with E-state index in [-0.39, 0.29) is 15.6 Å². The van der Waals surface area contributed by atoms with E-state index in [1.54, 1.807) is 13.8 Å². The number of rotatable bonds is 1. The molecule has 3 N–H and O–H groups in total. The first kappa shape index (κ1) is 11.2. The molecule has 1 aromatic carbocycles. The van der Waals surface area contributed by atoms with Crippen molar-refractivity contribution in [3.05, 3.63) is 28.7 Å². The minimum absolute atomic E-state index is 0.0428. The van der Waals surface area contributed by atoms with Gasteiger partial charge in [-0.1, -0.05) is 0 Å². The third kappa shape index (κ3) is 1.52. The van der Waals surface area contributed by atoms with Gasteiger partial charge in [0.25, 0.3) is 0 Å². The van der Waals surface area contributed by atoms with Gasteiger partial charge in [0.15, 0.2) is 0 Å². The number of sulfone groups is 1. The molecule has 0 unspecified atom stereocenters. The van der Waals surface area contributed by atoms with E-state index in [9.17, 15) is 13.5 Å². The Morgan fingerprint density at radius 2 is 1.94 bits per heavy atom. The second-order valence-corrected chi connectivity index (χ2v) is 6.34. The number of phenols is 1. The van der Waals surface area contributed by atoms with E-state index in [2.05, 4.69) is 0 Å². The Morgan fingerprint density at radius 3 is 2.50 bits per heavy atom. The average molecular weight is 239 g/mol. The molecule has 5 heteroatoms. The Labute approximate surface area is 94.3 Å². The fraction of sp³-hybridized carbons (Fsp3) is 0.273. The van der Waals surface area contributed by atoms with Crippen molar-refractivity contribution in [2.45, 2.75) is 24.3 Å². The van der Waals surface area contributed by atoms with Crippen molar-refractivity contribution in [2.24, 2.45) is 5.73 Å². The molecule has 1 heterocycles. The number of hydrogen-bond donors (Lipinski definition) is 2. The molecular weight excluding hydrogens is 226 g/mol. The molecule has 0 radical (unpaired) electrons. The van der Waals surface area contributed by atoms with Crippen molar-refractivity contribution in [3.63, 3.8) is 0 Å². The number of benzene rings is 1. The lowest BCUT2D eigenvalue weighted by atomic mass is 10.0. The van der Waals surface area contributed by atoms with Crippen molar-refractivity contribution in [2.75, 3.05) is 0 Å². The lowest BCUT2D eigenvalue weighted by Crippen LogP contribution is -2.36. The van der Waals surface area contributed by atoms with E-state index in [0.717, 1.165) is 0 Å². The lowest BCUT2D eigenvalue weighted by molar-refractivity contribution is 0.474. The Balaban J connectivity index is 2.71. The minimum Gasteiger partial charge on any atom is -0.508 e. The van der Waals surface area contributed by atoms with Gasteiger partial charge in [-0.3, -0.25) is 0 Å². The van der Waals surface area contributed by atoms with Gasteiger partial charge in [0.1, 0.15) is 5.75 Å². The summed E-state index contributed by atoms with van der Waals surface area (Å²) in [5.41, 5.74) is 5.39. The first-order valence-electron chi connectivity index (χ1n) is 4.82. The highest BCUT2D eigenvalue weighted by atomic mass is 32.2. The zero-order valence-corrected chi connectivity index (χ0v) is 9.88. The zero-order valence-electron chi connectivity index (χ0n) is 9.06. The van der Waals surface area contributed by atoms with Crippen LogP contribution < -0.4 is 5.73 Å². The normalized spacial score (nSPS) is 18.1. The molecule has 4 nitrogen and oxygen atoms in total. The monoisotopic (exact) mass is 239 g/mol. The largest absolute Gasteiger partial charge is 0.508 e. The Kier molecular flexibility index (Phi) is 2.15. The molecule has 0 bridgehead atoms. The summed E-state index contributed by atoms with van der Waals surface area (Å²) in [5.74, 6) is 0.0428. The fourth-order valence-corrected chi connectivity index (χ4v) is 3.65. The number of nitrogens with two attached hydrogens (primary N) is 1. The highest BCUT2D eigenvalue weighted by Crippen LogP contribution is 2.38. The van der Waals surface area contributed by atoms with Crippen LogP contribution in [0.2, 0.25) is 0 Å². The third-order valence-electron chi connectivity index (χ3n) is 2.49. The van der Waals surface area contributed by atoms with E-state index in [4.69, 9.17) is 5.73 Å². The van der Waals surface area contributed by atoms with Crippen LogP contribution >= 0.6 is 0 Å². The SMILES string of the molecule is CC(C)(N)C1=Cc2cc(O)ccc2S1(=O)=O. The van der Waals surface area contributed by atoms with Crippen LogP contribution in [0, 0.1) is 0 Å². The fourth-order valence-electron chi connectivity index (χ4n) is 1.76. The summed E-state index contributed by atoms with van der Waals surface area (Å²) in [5, 5.41) is 9.30. The molecule has 0 amide bonds. The maximum atomic E-state index is 12.1. The number of aromatic hydroxyl groups is 1. The maximum absolute atomic E-state index is 12.1. The van der Waals surface area contributed by atoms with Gasteiger partial charge in [0.2, 0.25) is 9.84 Å². The van der Waals surface area contributed by atoms with Crippen LogP contribution in [0.25, 0.3) is 6.08 Å². The van der Waals surface area contributed by atoms with Crippen molar-refractivity contribution in [1.82, 2.24) is 0 Å². The molecule has 0 saturated heterocycles. The molecule has 0 saturated carbocycles. The standard InChI is InChI=1S/C11H13NO3S/c1-11(2,12)10-6-7-5-8(13)3-4-9(7)16(10,14)15/h3-6,13H,12H2,1-2H3. The summed E-state index contributed by atoms with van der Waals surface area (Å²) in [4.78, 5) is 0.388. The number of phenolic OH excluding ortho intramolecular Hbond substituents is 1. The molecule has 0 atom stereocenters. The molecule has 16 heavy (non-hydrogen) atoms. The highest BCUT2D eigenvalue weighted by molar-refractivity contribution is 7.96. The molecular formula is C11H13NO3S. The van der Waals surface area contributed by atoms with Crippen molar-refractivity contribution >= 4 is 15.9 Å². The van der Waals surface area contributed by atoms with E-state index in [0.29, 0.717) is 5.56 Å². The average Bonchev–Trinajstić information content (AvgIpc) is 2.36. The summed E-state index contributed by atoms with van der Waals surface area (Å²) >= 11 is 0. The van der Waals surface area contributed by atoms with Crippen LogP contribution in [0.1, 0.15) is 19.4 Å². The predicted molar refractivity (Wildman–Crippen MR) is 61.5 cm³/mol. The topological polar surface area (TPSA) is 80.4 Å². The lowest BCUT2D eigenvalue weighted by Gasteiger charge is -2.19. The first-order valence-corrected chi connectivity index (χ1v) is 6.30. The summed E-state index contributed by atoms with van der Waals surface area (Å²) in [6, 6.07) is 4.18. The Hall–Kier alpha value is -1.33. The van der Waals surface area contributed by atoms with Crippen LogP contribution in [0.15, 0.2) is 28.0 Å². The van der Waals surface area contributed by atoms with Crippen molar-refractivity contribution < 1.29 is 13.5 Å². The van der Waals surface area contributed by atoms with Gasteiger partial charge in [-0.15, -0.1) is 0 Å². The van der Waals surface area contributed by atoms with Crippen molar-refractivity contribution in [3.8, 4) is 5.75 Å². The Bertz CT molecular complexity index is 580. The van der Waals surface area contributed by atoms with Crippen LogP contribution in [0.5, 0.6) is 5.75 Å². The molecule has 0 aromatic heterocycles. The van der Waals surface area contributed by atoms with Crippen LogP contribution in [0.4, 0.5) is 0 Å². The molecule has 0 aliphatic carbocycles. The summed E-state index contributed by atoms with van der Waals surface area (Å²) in [7, 11) is -3.50. The minimum atomic E-state index is -3.50. The molecule has 0 fully saturated rings. The first-order chi connectivity index (χ1) is 7.23. The van der Waals surface area contributed by atoms with Gasteiger partial charge in [-0.2, -0.15) is 0 Å². The van der Waals surface area contributed by atoms with Gasteiger partial charge in [0.05, 0.1) is 9.80 Å². The molecule has 86 valence electrons. The predicted octanol–water partition coefficient (Wildman–Crippen LogP) is 1.26. The van der Waals surface area contributed by atoms with Gasteiger partial charge >= 0.3 is 0 Å². The van der Waals surface area contributed by atoms with Gasteiger partial charge in [-0.25, -0.2) is 8.42 Å². The van der Waals surface area contributed by atoms with Crippen LogP contribution in [0.3, 0.4) is 0 Å². The molecule has 2 rings (SSSR count). The molecule has 1 aliphatic rings. The van der Waals surface area contributed by atoms with Crippen LogP contribution in [-0.2, 0) is 9.84 Å². The summed E-state index contributed by atoms with van der Waals surface area (Å²) < 4.78 is 24.2. The smallest absolute Gasteiger partial charge is 0.205 e. The van der Waals surface area contributed by atoms with E-state index in [1.807, 2.05) is 0 Å². The second kappa shape index (κ2) is 3.09. The van der Waals surface area contributed by atoms with E-state index >= 15 is 0 Å². The molecule has 1 aliphatic heterocycles. The quantitative estimate of drug-likeness (QED) is 0.773. The maximum Gasteiger partial charge on any atom is 0.205 e. The number of hydrogen-bond acceptors (Lipinski definition) is 4. The number of fused-ring (bicyclic) bond motifs is 1. The highest BCUT2D eigenvalue weighted by Gasteiger charge is 2.37. The van der Waals surface area contributed by atoms with Crippen molar-refractivity contribution in [1.29, 1.82) is 0 Å². The summed E-state index contributed by atoms with van der Waals surface area (Å²) in [6.07, 6.45) is 1.52. The van der Waals surface area contributed by atoms with Gasteiger partial charge in [-0.05, 0) is 43.7 Å². The Morgan fingerprint density at radius 1 is 1.31 bits per heavy atom. The third-order valence-corrected chi connectivity index (χ3v) is 4.67. The molecule has 0 spiro atoms. The van der Waals surface area contributed by atoms with E-state index in [1.165, 1.54) is 24.3 Å². The zero-order chi connectivity index (χ0) is 12.1. The summed E-state index contributed by atoms with van der Waals surface area (Å²) in [6.45, 7) is 3.28. The van der Waals surface area contributed by atoms with Crippen LogP contribution in [-0.4, -0.2) is 19.1 Å². The van der Waals surface area contributed by atoms with E-state index < -0.39 is 15.4 Å². The van der Waals surface area contributed by atoms with Gasteiger partial charge in [0, 0.05) is 5.54 Å². The van der Waals surface area contributed by atoms with Gasteiger partial charge < -0.3 is 10.8 Å².